The van der Waals surface area contributed by atoms with Crippen LogP contribution in [0.4, 0.5) is 13.2 Å². The highest BCUT2D eigenvalue weighted by Crippen LogP contribution is 2.25. The van der Waals surface area contributed by atoms with E-state index in [0.29, 0.717) is 0 Å². The molecule has 0 rings (SSSR count). The molecule has 60 valence electrons. The van der Waals surface area contributed by atoms with Gasteiger partial charge in [0.1, 0.15) is 0 Å². The zero-order valence-electron chi connectivity index (χ0n) is 4.72. The summed E-state index contributed by atoms with van der Waals surface area (Å²) in [7, 11) is 0. The minimum absolute atomic E-state index is 1.42. The number of carbonyl (C=O) groups is 1. The molecule has 0 bridgehead atoms. The molecule has 3 nitrogen and oxygen atoms in total. The highest BCUT2D eigenvalue weighted by Gasteiger charge is 2.44. The third-order valence-corrected chi connectivity index (χ3v) is 0.876. The van der Waals surface area contributed by atoms with Crippen molar-refractivity contribution in [3.05, 3.63) is 0 Å². The Morgan fingerprint density at radius 2 is 1.90 bits per heavy atom. The topological polar surface area (TPSA) is 57.5 Å². The average Bonchev–Trinajstić information content (AvgIpc) is 1.60. The first kappa shape index (κ1) is 9.22. The lowest BCUT2D eigenvalue weighted by Gasteiger charge is -2.11. The van der Waals surface area contributed by atoms with E-state index in [9.17, 15) is 18.0 Å². The van der Waals surface area contributed by atoms with Crippen LogP contribution < -0.4 is 0 Å². The monoisotopic (exact) mass is 158 g/mol. The van der Waals surface area contributed by atoms with Gasteiger partial charge in [-0.1, -0.05) is 0 Å². The molecule has 0 spiro atoms. The predicted octanol–water partition coefficient (Wildman–Crippen LogP) is 0.242. The molecule has 0 aliphatic rings. The van der Waals surface area contributed by atoms with Crippen LogP contribution in [0, 0.1) is 5.92 Å². The lowest BCUT2D eigenvalue weighted by Crippen LogP contribution is -2.33. The normalized spacial score (nSPS) is 14.8. The highest BCUT2D eigenvalue weighted by atomic mass is 19.4. The van der Waals surface area contributed by atoms with Gasteiger partial charge in [0.2, 0.25) is 0 Å². The first-order valence-electron chi connectivity index (χ1n) is 2.30. The number of hydrogen-bond donors (Lipinski definition) is 2. The van der Waals surface area contributed by atoms with Crippen molar-refractivity contribution in [3.8, 4) is 0 Å². The van der Waals surface area contributed by atoms with Crippen LogP contribution in [0.1, 0.15) is 0 Å². The van der Waals surface area contributed by atoms with Crippen molar-refractivity contribution in [2.24, 2.45) is 5.92 Å². The minimum Gasteiger partial charge on any atom is -0.481 e. The summed E-state index contributed by atoms with van der Waals surface area (Å²) in [5.74, 6) is -4.72. The molecule has 0 amide bonds. The summed E-state index contributed by atoms with van der Waals surface area (Å²) in [5.41, 5.74) is 0. The fourth-order valence-corrected chi connectivity index (χ4v) is 0.322. The summed E-state index contributed by atoms with van der Waals surface area (Å²) in [4.78, 5) is 9.70. The van der Waals surface area contributed by atoms with E-state index in [4.69, 9.17) is 10.2 Å². The first-order valence-corrected chi connectivity index (χ1v) is 2.30. The molecular formula is C4H5F3O3. The maximum Gasteiger partial charge on any atom is 0.404 e. The quantitative estimate of drug-likeness (QED) is 0.605. The van der Waals surface area contributed by atoms with Gasteiger partial charge in [-0.15, -0.1) is 0 Å². The molecule has 0 saturated carbocycles. The SMILES string of the molecule is O=C(O)[C@H](CO)C(F)(F)F. The van der Waals surface area contributed by atoms with Gasteiger partial charge in [0.05, 0.1) is 6.61 Å². The van der Waals surface area contributed by atoms with Gasteiger partial charge in [-0.3, -0.25) is 4.79 Å². The molecule has 1 atom stereocenters. The summed E-state index contributed by atoms with van der Waals surface area (Å²) < 4.78 is 34.3. The van der Waals surface area contributed by atoms with E-state index in [1.807, 2.05) is 0 Å². The van der Waals surface area contributed by atoms with E-state index in [0.717, 1.165) is 0 Å². The highest BCUT2D eigenvalue weighted by molar-refractivity contribution is 5.70. The molecule has 0 fully saturated rings. The molecule has 0 aromatic carbocycles. The Balaban J connectivity index is 4.22. The van der Waals surface area contributed by atoms with Crippen LogP contribution in [0.15, 0.2) is 0 Å². The van der Waals surface area contributed by atoms with Crippen molar-refractivity contribution in [1.29, 1.82) is 0 Å². The molecule has 2 N–H and O–H groups in total. The Morgan fingerprint density at radius 3 is 1.90 bits per heavy atom. The van der Waals surface area contributed by atoms with Crippen LogP contribution in [-0.2, 0) is 4.79 Å². The Bertz CT molecular complexity index is 130. The predicted molar refractivity (Wildman–Crippen MR) is 24.3 cm³/mol. The first-order chi connectivity index (χ1) is 4.39. The third-order valence-electron chi connectivity index (χ3n) is 0.876. The van der Waals surface area contributed by atoms with Gasteiger partial charge < -0.3 is 10.2 Å². The summed E-state index contributed by atoms with van der Waals surface area (Å²) in [6, 6.07) is 0. The van der Waals surface area contributed by atoms with Crippen molar-refractivity contribution >= 4 is 5.97 Å². The number of rotatable bonds is 2. The molecule has 0 radical (unpaired) electrons. The molecule has 0 aliphatic heterocycles. The van der Waals surface area contributed by atoms with Crippen molar-refractivity contribution in [3.63, 3.8) is 0 Å². The van der Waals surface area contributed by atoms with E-state index in [1.165, 1.54) is 0 Å². The standard InChI is InChI=1S/C4H5F3O3/c5-4(6,7)2(1-8)3(9)10/h2,8H,1H2,(H,9,10)/t2-/m0/s1. The number of carboxylic acids is 1. The molecule has 0 saturated heterocycles. The molecule has 0 aliphatic carbocycles. The molecule has 0 aromatic heterocycles. The molecule has 0 unspecified atom stereocenters. The van der Waals surface area contributed by atoms with E-state index < -0.39 is 24.7 Å². The van der Waals surface area contributed by atoms with Crippen molar-refractivity contribution in [2.75, 3.05) is 6.61 Å². The number of alkyl halides is 3. The smallest absolute Gasteiger partial charge is 0.404 e. The maximum atomic E-state index is 11.4. The fraction of sp³-hybridized carbons (Fsp3) is 0.750. The molecule has 6 heteroatoms. The summed E-state index contributed by atoms with van der Waals surface area (Å²) in [6.07, 6.45) is -4.86. The van der Waals surface area contributed by atoms with Crippen LogP contribution in [0.3, 0.4) is 0 Å². The van der Waals surface area contributed by atoms with E-state index in [2.05, 4.69) is 0 Å². The molecule has 10 heavy (non-hydrogen) atoms. The fourth-order valence-electron chi connectivity index (χ4n) is 0.322. The minimum atomic E-state index is -4.86. The van der Waals surface area contributed by atoms with Crippen LogP contribution in [0.5, 0.6) is 0 Å². The Morgan fingerprint density at radius 1 is 1.50 bits per heavy atom. The molecule has 0 heterocycles. The zero-order valence-corrected chi connectivity index (χ0v) is 4.72. The zero-order chi connectivity index (χ0) is 8.36. The van der Waals surface area contributed by atoms with Crippen LogP contribution in [0.25, 0.3) is 0 Å². The van der Waals surface area contributed by atoms with Gasteiger partial charge in [0, 0.05) is 0 Å². The van der Waals surface area contributed by atoms with Crippen LogP contribution in [0.2, 0.25) is 0 Å². The van der Waals surface area contributed by atoms with Crippen molar-refractivity contribution in [2.45, 2.75) is 6.18 Å². The number of aliphatic carboxylic acids is 1. The van der Waals surface area contributed by atoms with E-state index >= 15 is 0 Å². The second-order valence-electron chi connectivity index (χ2n) is 1.62. The Kier molecular flexibility index (Phi) is 2.65. The van der Waals surface area contributed by atoms with Crippen LogP contribution >= 0.6 is 0 Å². The number of aliphatic hydroxyl groups is 1. The van der Waals surface area contributed by atoms with Gasteiger partial charge in [-0.05, 0) is 0 Å². The lowest BCUT2D eigenvalue weighted by molar-refractivity contribution is -0.199. The molecular weight excluding hydrogens is 153 g/mol. The van der Waals surface area contributed by atoms with Gasteiger partial charge >= 0.3 is 12.1 Å². The average molecular weight is 158 g/mol. The number of aliphatic hydroxyl groups excluding tert-OH is 1. The van der Waals surface area contributed by atoms with Gasteiger partial charge in [-0.2, -0.15) is 13.2 Å². The Labute approximate surface area is 54.1 Å². The number of halogens is 3. The second kappa shape index (κ2) is 2.87. The largest absolute Gasteiger partial charge is 0.481 e. The number of hydrogen-bond acceptors (Lipinski definition) is 2. The number of carboxylic acid groups (broad SMARTS) is 1. The van der Waals surface area contributed by atoms with E-state index in [1.54, 1.807) is 0 Å². The second-order valence-corrected chi connectivity index (χ2v) is 1.62. The maximum absolute atomic E-state index is 11.4. The van der Waals surface area contributed by atoms with Crippen molar-refractivity contribution in [1.82, 2.24) is 0 Å². The lowest BCUT2D eigenvalue weighted by atomic mass is 10.1. The summed E-state index contributed by atoms with van der Waals surface area (Å²) in [6.45, 7) is -1.42. The Hall–Kier alpha value is -0.780. The third kappa shape index (κ3) is 2.22. The summed E-state index contributed by atoms with van der Waals surface area (Å²) >= 11 is 0. The van der Waals surface area contributed by atoms with Gasteiger partial charge in [-0.25, -0.2) is 0 Å². The van der Waals surface area contributed by atoms with Gasteiger partial charge in [0.15, 0.2) is 5.92 Å². The van der Waals surface area contributed by atoms with Crippen LogP contribution in [-0.4, -0.2) is 29.0 Å². The van der Waals surface area contributed by atoms with Crippen molar-refractivity contribution < 1.29 is 28.2 Å². The molecule has 0 aromatic rings. The summed E-state index contributed by atoms with van der Waals surface area (Å²) in [5, 5.41) is 15.8. The van der Waals surface area contributed by atoms with E-state index in [-0.39, 0.29) is 0 Å². The van der Waals surface area contributed by atoms with Gasteiger partial charge in [0.25, 0.3) is 0 Å².